The number of carbonyl (C=O) groups is 1. The van der Waals surface area contributed by atoms with Crippen molar-refractivity contribution in [1.29, 1.82) is 0 Å². The van der Waals surface area contributed by atoms with Gasteiger partial charge in [-0.2, -0.15) is 0 Å². The molecule has 5 nitrogen and oxygen atoms in total. The molecule has 3 rings (SSSR count). The Kier molecular flexibility index (Phi) is 5.06. The number of benzene rings is 1. The van der Waals surface area contributed by atoms with Crippen LogP contribution in [0.4, 0.5) is 0 Å². The van der Waals surface area contributed by atoms with Crippen molar-refractivity contribution < 1.29 is 14.3 Å². The fourth-order valence-corrected chi connectivity index (χ4v) is 3.53. The summed E-state index contributed by atoms with van der Waals surface area (Å²) in [7, 11) is 0. The summed E-state index contributed by atoms with van der Waals surface area (Å²) in [5, 5.41) is 3.45. The Labute approximate surface area is 137 Å². The minimum Gasteiger partial charge on any atom is -0.490 e. The van der Waals surface area contributed by atoms with Gasteiger partial charge in [0.25, 0.3) is 5.91 Å². The Balaban J connectivity index is 1.50. The van der Waals surface area contributed by atoms with Crippen LogP contribution >= 0.6 is 0 Å². The maximum atomic E-state index is 12.4. The largest absolute Gasteiger partial charge is 0.490 e. The second kappa shape index (κ2) is 7.21. The highest BCUT2D eigenvalue weighted by molar-refractivity contribution is 5.78. The van der Waals surface area contributed by atoms with Crippen molar-refractivity contribution in [3.8, 4) is 11.5 Å². The third-order valence-electron chi connectivity index (χ3n) is 5.01. The van der Waals surface area contributed by atoms with Crippen molar-refractivity contribution in [2.45, 2.75) is 26.2 Å². The van der Waals surface area contributed by atoms with Crippen molar-refractivity contribution in [3.05, 3.63) is 24.3 Å². The molecule has 5 heteroatoms. The second-order valence-corrected chi connectivity index (χ2v) is 6.48. The molecular formula is C18H26N2O3. The SMILES string of the molecule is CCOc1ccccc1OCC(=O)N1CCC2(CCNC2)CC1. The van der Waals surface area contributed by atoms with E-state index in [4.69, 9.17) is 9.47 Å². The predicted molar refractivity (Wildman–Crippen MR) is 88.8 cm³/mol. The van der Waals surface area contributed by atoms with E-state index < -0.39 is 0 Å². The molecule has 1 N–H and O–H groups in total. The molecule has 0 saturated carbocycles. The maximum Gasteiger partial charge on any atom is 0.260 e. The molecule has 1 aromatic rings. The molecule has 1 aromatic carbocycles. The van der Waals surface area contributed by atoms with Gasteiger partial charge in [0.15, 0.2) is 18.1 Å². The molecule has 0 radical (unpaired) electrons. The highest BCUT2D eigenvalue weighted by atomic mass is 16.5. The third-order valence-corrected chi connectivity index (χ3v) is 5.01. The Morgan fingerprint density at radius 1 is 1.17 bits per heavy atom. The van der Waals surface area contributed by atoms with Crippen LogP contribution in [0.3, 0.4) is 0 Å². The number of hydrogen-bond acceptors (Lipinski definition) is 4. The topological polar surface area (TPSA) is 50.8 Å². The molecule has 1 amide bonds. The summed E-state index contributed by atoms with van der Waals surface area (Å²) in [6.07, 6.45) is 3.44. The van der Waals surface area contributed by atoms with E-state index in [9.17, 15) is 4.79 Å². The van der Waals surface area contributed by atoms with Crippen molar-refractivity contribution in [1.82, 2.24) is 10.2 Å². The molecule has 0 unspecified atom stereocenters. The van der Waals surface area contributed by atoms with Crippen molar-refractivity contribution in [3.63, 3.8) is 0 Å². The maximum absolute atomic E-state index is 12.4. The number of amides is 1. The molecule has 2 aliphatic heterocycles. The number of ether oxygens (including phenoxy) is 2. The lowest BCUT2D eigenvalue weighted by Crippen LogP contribution is -2.45. The molecule has 0 bridgehead atoms. The van der Waals surface area contributed by atoms with Gasteiger partial charge in [0.1, 0.15) is 0 Å². The van der Waals surface area contributed by atoms with Crippen LogP contribution in [-0.2, 0) is 4.79 Å². The fourth-order valence-electron chi connectivity index (χ4n) is 3.53. The molecule has 1 spiro atoms. The Morgan fingerprint density at radius 3 is 2.48 bits per heavy atom. The number of likely N-dealkylation sites (tertiary alicyclic amines) is 1. The number of para-hydroxylation sites is 2. The van der Waals surface area contributed by atoms with Gasteiger partial charge in [-0.1, -0.05) is 12.1 Å². The quantitative estimate of drug-likeness (QED) is 0.903. The normalized spacial score (nSPS) is 19.8. The van der Waals surface area contributed by atoms with Crippen LogP contribution < -0.4 is 14.8 Å². The van der Waals surface area contributed by atoms with Crippen LogP contribution in [0.1, 0.15) is 26.2 Å². The van der Waals surface area contributed by atoms with Gasteiger partial charge in [-0.3, -0.25) is 4.79 Å². The molecule has 2 heterocycles. The molecular weight excluding hydrogens is 292 g/mol. The first-order valence-electron chi connectivity index (χ1n) is 8.56. The van der Waals surface area contributed by atoms with Crippen LogP contribution in [0.25, 0.3) is 0 Å². The van der Waals surface area contributed by atoms with E-state index in [1.165, 1.54) is 6.42 Å². The first-order valence-corrected chi connectivity index (χ1v) is 8.56. The van der Waals surface area contributed by atoms with E-state index >= 15 is 0 Å². The van der Waals surface area contributed by atoms with Gasteiger partial charge in [0, 0.05) is 19.6 Å². The summed E-state index contributed by atoms with van der Waals surface area (Å²) >= 11 is 0. The van der Waals surface area contributed by atoms with Gasteiger partial charge >= 0.3 is 0 Å². The Morgan fingerprint density at radius 2 is 1.87 bits per heavy atom. The van der Waals surface area contributed by atoms with Crippen molar-refractivity contribution in [2.75, 3.05) is 39.4 Å². The molecule has 126 valence electrons. The first kappa shape index (κ1) is 16.1. The summed E-state index contributed by atoms with van der Waals surface area (Å²) in [5.74, 6) is 1.39. The highest BCUT2D eigenvalue weighted by Gasteiger charge is 2.38. The standard InChI is InChI=1S/C18H26N2O3/c1-2-22-15-5-3-4-6-16(15)23-13-17(21)20-11-8-18(9-12-20)7-10-19-14-18/h3-6,19H,2,7-14H2,1H3. The van der Waals surface area contributed by atoms with Crippen molar-refractivity contribution in [2.24, 2.45) is 5.41 Å². The van der Waals surface area contributed by atoms with Gasteiger partial charge in [0.05, 0.1) is 6.61 Å². The molecule has 23 heavy (non-hydrogen) atoms. The van der Waals surface area contributed by atoms with Crippen LogP contribution in [0, 0.1) is 5.41 Å². The first-order chi connectivity index (χ1) is 11.2. The van der Waals surface area contributed by atoms with E-state index in [0.29, 0.717) is 23.5 Å². The van der Waals surface area contributed by atoms with Crippen LogP contribution in [0.15, 0.2) is 24.3 Å². The summed E-state index contributed by atoms with van der Waals surface area (Å²) in [6, 6.07) is 7.49. The lowest BCUT2D eigenvalue weighted by atomic mass is 9.78. The average molecular weight is 318 g/mol. The number of carbonyl (C=O) groups excluding carboxylic acids is 1. The summed E-state index contributed by atoms with van der Waals surface area (Å²) in [4.78, 5) is 14.3. The van der Waals surface area contributed by atoms with Crippen LogP contribution in [0.2, 0.25) is 0 Å². The molecule has 2 saturated heterocycles. The number of rotatable bonds is 5. The zero-order valence-electron chi connectivity index (χ0n) is 13.8. The minimum atomic E-state index is 0.0668. The third kappa shape index (κ3) is 3.78. The number of nitrogens with zero attached hydrogens (tertiary/aromatic N) is 1. The monoisotopic (exact) mass is 318 g/mol. The lowest BCUT2D eigenvalue weighted by molar-refractivity contribution is -0.135. The van der Waals surface area contributed by atoms with Crippen molar-refractivity contribution >= 4 is 5.91 Å². The highest BCUT2D eigenvalue weighted by Crippen LogP contribution is 2.37. The molecule has 0 aliphatic carbocycles. The lowest BCUT2D eigenvalue weighted by Gasteiger charge is -2.38. The predicted octanol–water partition coefficient (Wildman–Crippen LogP) is 2.07. The van der Waals surface area contributed by atoms with E-state index in [1.54, 1.807) is 0 Å². The number of nitrogens with one attached hydrogen (secondary N) is 1. The molecule has 2 aliphatic rings. The Hall–Kier alpha value is -1.75. The van der Waals surface area contributed by atoms with Gasteiger partial charge in [-0.15, -0.1) is 0 Å². The average Bonchev–Trinajstić information content (AvgIpc) is 3.03. The zero-order chi connectivity index (χ0) is 16.1. The fraction of sp³-hybridized carbons (Fsp3) is 0.611. The smallest absolute Gasteiger partial charge is 0.260 e. The van der Waals surface area contributed by atoms with Crippen LogP contribution in [0.5, 0.6) is 11.5 Å². The Bertz CT molecular complexity index is 531. The number of hydrogen-bond donors (Lipinski definition) is 1. The number of piperidine rings is 1. The minimum absolute atomic E-state index is 0.0668. The molecule has 2 fully saturated rings. The zero-order valence-corrected chi connectivity index (χ0v) is 13.8. The van der Waals surface area contributed by atoms with Gasteiger partial charge in [-0.25, -0.2) is 0 Å². The van der Waals surface area contributed by atoms with Gasteiger partial charge in [0.2, 0.25) is 0 Å². The van der Waals surface area contributed by atoms with E-state index in [1.807, 2.05) is 36.1 Å². The summed E-state index contributed by atoms with van der Waals surface area (Å²) in [6.45, 7) is 6.50. The van der Waals surface area contributed by atoms with Gasteiger partial charge in [-0.05, 0) is 50.3 Å². The van der Waals surface area contributed by atoms with Crippen LogP contribution in [-0.4, -0.2) is 50.2 Å². The molecule has 0 aromatic heterocycles. The summed E-state index contributed by atoms with van der Waals surface area (Å²) < 4.78 is 11.2. The van der Waals surface area contributed by atoms with E-state index in [0.717, 1.165) is 39.0 Å². The van der Waals surface area contributed by atoms with Gasteiger partial charge < -0.3 is 19.7 Å². The van der Waals surface area contributed by atoms with E-state index in [2.05, 4.69) is 5.32 Å². The summed E-state index contributed by atoms with van der Waals surface area (Å²) in [5.41, 5.74) is 0.430. The molecule has 0 atom stereocenters. The second-order valence-electron chi connectivity index (χ2n) is 6.48. The van der Waals surface area contributed by atoms with E-state index in [-0.39, 0.29) is 12.5 Å².